The molecule has 0 aromatic heterocycles. The van der Waals surface area contributed by atoms with Gasteiger partial charge in [0.1, 0.15) is 0 Å². The van der Waals surface area contributed by atoms with E-state index in [2.05, 4.69) is 133 Å². The Morgan fingerprint density at radius 1 is 0.600 bits per heavy atom. The maximum atomic E-state index is 2.55. The molecule has 40 heavy (non-hydrogen) atoms. The van der Waals surface area contributed by atoms with Gasteiger partial charge in [-0.25, -0.2) is 0 Å². The summed E-state index contributed by atoms with van der Waals surface area (Å²) in [5, 5.41) is 0. The minimum atomic E-state index is 0.0196. The molecule has 202 valence electrons. The molecule has 0 radical (unpaired) electrons. The summed E-state index contributed by atoms with van der Waals surface area (Å²) in [4.78, 5) is 0. The van der Waals surface area contributed by atoms with Gasteiger partial charge in [0.15, 0.2) is 0 Å². The number of rotatable bonds is 6. The molecule has 0 saturated carbocycles. The Morgan fingerprint density at radius 3 is 1.38 bits per heavy atom. The minimum Gasteiger partial charge on any atom is -0.0627 e. The molecule has 0 spiro atoms. The highest BCUT2D eigenvalue weighted by atomic mass is 14.4. The lowest BCUT2D eigenvalue weighted by atomic mass is 9.69. The molecule has 0 unspecified atom stereocenters. The van der Waals surface area contributed by atoms with E-state index in [0.717, 1.165) is 19.3 Å². The predicted molar refractivity (Wildman–Crippen MR) is 174 cm³/mol. The lowest BCUT2D eigenvalue weighted by Gasteiger charge is -2.35. The summed E-state index contributed by atoms with van der Waals surface area (Å²) in [6.45, 7) is 16.1. The smallest absolute Gasteiger partial charge is 0.0108 e. The fourth-order valence-corrected chi connectivity index (χ4v) is 7.49. The van der Waals surface area contributed by atoms with Gasteiger partial charge in [0.25, 0.3) is 0 Å². The molecule has 4 aromatic carbocycles. The third-order valence-corrected chi connectivity index (χ3v) is 9.09. The van der Waals surface area contributed by atoms with Crippen LogP contribution in [0.3, 0.4) is 0 Å². The Morgan fingerprint density at radius 2 is 1.00 bits per heavy atom. The second-order valence-electron chi connectivity index (χ2n) is 13.1. The Bertz CT molecular complexity index is 1530. The monoisotopic (exact) mass is 522 g/mol. The summed E-state index contributed by atoms with van der Waals surface area (Å²) in [6, 6.07) is 27.7. The van der Waals surface area contributed by atoms with Crippen molar-refractivity contribution in [1.82, 2.24) is 0 Å². The quantitative estimate of drug-likeness (QED) is 0.236. The Kier molecular flexibility index (Phi) is 6.70. The number of benzene rings is 4. The molecule has 0 aliphatic heterocycles. The largest absolute Gasteiger partial charge is 0.0627 e. The number of fused-ring (bicyclic) bond motifs is 2. The van der Waals surface area contributed by atoms with Crippen LogP contribution >= 0.6 is 0 Å². The number of allylic oxidation sites excluding steroid dienone is 2. The molecular weight excluding hydrogens is 480 g/mol. The average molecular weight is 523 g/mol. The van der Waals surface area contributed by atoms with Crippen molar-refractivity contribution in [3.8, 4) is 22.3 Å². The van der Waals surface area contributed by atoms with Gasteiger partial charge in [-0.05, 0) is 97.4 Å². The van der Waals surface area contributed by atoms with E-state index in [9.17, 15) is 0 Å². The highest BCUT2D eigenvalue weighted by molar-refractivity contribution is 5.85. The van der Waals surface area contributed by atoms with Crippen LogP contribution in [0.25, 0.3) is 34.4 Å². The molecule has 4 aromatic rings. The van der Waals surface area contributed by atoms with Crippen molar-refractivity contribution in [1.29, 1.82) is 0 Å². The molecule has 2 aliphatic rings. The predicted octanol–water partition coefficient (Wildman–Crippen LogP) is 10.9. The van der Waals surface area contributed by atoms with Crippen LogP contribution in [0, 0.1) is 39.0 Å². The van der Waals surface area contributed by atoms with Crippen LogP contribution < -0.4 is 0 Å². The zero-order valence-corrected chi connectivity index (χ0v) is 25.3. The summed E-state index contributed by atoms with van der Waals surface area (Å²) in [5.74, 6) is 0.608. The van der Waals surface area contributed by atoms with Gasteiger partial charge < -0.3 is 0 Å². The molecular formula is C40H42. The number of hydrogen-bond donors (Lipinski definition) is 0. The molecule has 0 bridgehead atoms. The highest BCUT2D eigenvalue weighted by Crippen LogP contribution is 2.51. The first-order chi connectivity index (χ1) is 19.1. The van der Waals surface area contributed by atoms with Gasteiger partial charge in [-0.2, -0.15) is 0 Å². The number of hydrogen-bond acceptors (Lipinski definition) is 0. The Labute approximate surface area is 241 Å². The van der Waals surface area contributed by atoms with E-state index < -0.39 is 0 Å². The molecule has 2 aliphatic carbocycles. The first-order valence-electron chi connectivity index (χ1n) is 14.9. The SMILES string of the molecule is Cc1cc(C)cc(-c2cccc3c2C=C(C(C)(CC(C)C)C2=Cc4c(cccc4-c4cc(C)cc(C)c4)C2)C3)c1. The van der Waals surface area contributed by atoms with Crippen molar-refractivity contribution in [2.75, 3.05) is 0 Å². The van der Waals surface area contributed by atoms with Gasteiger partial charge in [-0.3, -0.25) is 0 Å². The van der Waals surface area contributed by atoms with E-state index in [1.165, 1.54) is 66.8 Å². The summed E-state index contributed by atoms with van der Waals surface area (Å²) >= 11 is 0. The van der Waals surface area contributed by atoms with Gasteiger partial charge in [-0.15, -0.1) is 0 Å². The van der Waals surface area contributed by atoms with E-state index in [0.29, 0.717) is 5.92 Å². The number of aryl methyl sites for hydroxylation is 4. The zero-order valence-electron chi connectivity index (χ0n) is 25.3. The van der Waals surface area contributed by atoms with Crippen molar-refractivity contribution in [2.45, 2.75) is 67.7 Å². The van der Waals surface area contributed by atoms with Crippen molar-refractivity contribution in [3.05, 3.63) is 128 Å². The lowest BCUT2D eigenvalue weighted by molar-refractivity contribution is 0.363. The average Bonchev–Trinajstić information content (AvgIpc) is 3.52. The van der Waals surface area contributed by atoms with E-state index in [1.54, 1.807) is 11.1 Å². The second-order valence-corrected chi connectivity index (χ2v) is 13.1. The maximum absolute atomic E-state index is 2.55. The molecule has 0 fully saturated rings. The summed E-state index contributed by atoms with van der Waals surface area (Å²) in [5.41, 5.74) is 19.6. The van der Waals surface area contributed by atoms with Crippen LogP contribution in [-0.2, 0) is 12.8 Å². The fraction of sp³-hybridized carbons (Fsp3) is 0.300. The molecule has 0 heteroatoms. The Balaban J connectivity index is 1.44. The van der Waals surface area contributed by atoms with Crippen LogP contribution in [0.1, 0.15) is 71.7 Å². The molecule has 0 nitrogen and oxygen atoms in total. The molecule has 6 rings (SSSR count). The topological polar surface area (TPSA) is 0 Å². The standard InChI is InChI=1S/C40H42/c1-25(2)24-40(7,34-20-30-10-8-12-36(38(30)22-34)32-16-26(3)14-27(4)17-32)35-21-31-11-9-13-37(39(31)23-35)33-18-28(5)15-29(6)19-33/h8-19,22-23,25H,20-21,24H2,1-7H3. The minimum absolute atomic E-state index is 0.0196. The lowest BCUT2D eigenvalue weighted by Crippen LogP contribution is -2.25. The highest BCUT2D eigenvalue weighted by Gasteiger charge is 2.38. The van der Waals surface area contributed by atoms with Gasteiger partial charge in [-0.1, -0.05) is 139 Å². The summed E-state index contributed by atoms with van der Waals surface area (Å²) in [7, 11) is 0. The van der Waals surface area contributed by atoms with Crippen LogP contribution in [0.4, 0.5) is 0 Å². The molecule has 0 atom stereocenters. The normalized spacial score (nSPS) is 14.3. The van der Waals surface area contributed by atoms with Crippen LogP contribution in [0.2, 0.25) is 0 Å². The maximum Gasteiger partial charge on any atom is 0.0108 e. The van der Waals surface area contributed by atoms with Gasteiger partial charge >= 0.3 is 0 Å². The first kappa shape index (κ1) is 26.6. The van der Waals surface area contributed by atoms with Gasteiger partial charge in [0.2, 0.25) is 0 Å². The molecule has 0 N–H and O–H groups in total. The van der Waals surface area contributed by atoms with Crippen molar-refractivity contribution in [2.24, 2.45) is 11.3 Å². The van der Waals surface area contributed by atoms with Gasteiger partial charge in [0, 0.05) is 5.41 Å². The zero-order chi connectivity index (χ0) is 28.2. The molecule has 0 saturated heterocycles. The van der Waals surface area contributed by atoms with Crippen molar-refractivity contribution >= 4 is 12.2 Å². The summed E-state index contributed by atoms with van der Waals surface area (Å²) < 4.78 is 0. The van der Waals surface area contributed by atoms with Crippen LogP contribution in [0.15, 0.2) is 83.9 Å². The van der Waals surface area contributed by atoms with E-state index in [1.807, 2.05) is 0 Å². The van der Waals surface area contributed by atoms with Crippen molar-refractivity contribution in [3.63, 3.8) is 0 Å². The van der Waals surface area contributed by atoms with E-state index >= 15 is 0 Å². The molecule has 0 amide bonds. The van der Waals surface area contributed by atoms with E-state index in [-0.39, 0.29) is 5.41 Å². The third-order valence-electron chi connectivity index (χ3n) is 9.09. The van der Waals surface area contributed by atoms with E-state index in [4.69, 9.17) is 0 Å². The van der Waals surface area contributed by atoms with Crippen molar-refractivity contribution < 1.29 is 0 Å². The third kappa shape index (κ3) is 4.79. The second kappa shape index (κ2) is 10.1. The molecule has 0 heterocycles. The van der Waals surface area contributed by atoms with Crippen LogP contribution in [-0.4, -0.2) is 0 Å². The Hall–Kier alpha value is -3.64. The summed E-state index contributed by atoms with van der Waals surface area (Å²) in [6.07, 6.45) is 8.34. The van der Waals surface area contributed by atoms with Gasteiger partial charge in [0.05, 0.1) is 0 Å². The first-order valence-corrected chi connectivity index (χ1v) is 14.9. The fourth-order valence-electron chi connectivity index (χ4n) is 7.49. The van der Waals surface area contributed by atoms with Crippen LogP contribution in [0.5, 0.6) is 0 Å².